The molecule has 0 aliphatic heterocycles. The lowest BCUT2D eigenvalue weighted by molar-refractivity contribution is -0.140. The fraction of sp³-hybridized carbons (Fsp3) is 0.750. The average molecular weight is 203 g/mol. The molecule has 6 heteroatoms. The molecule has 6 nitrogen and oxygen atoms in total. The van der Waals surface area contributed by atoms with Crippen LogP contribution in [0.15, 0.2) is 0 Å². The predicted octanol–water partition coefficient (Wildman–Crippen LogP) is -1.01. The van der Waals surface area contributed by atoms with Crippen LogP contribution in [0.2, 0.25) is 0 Å². The third-order valence-corrected chi connectivity index (χ3v) is 2.57. The van der Waals surface area contributed by atoms with Crippen molar-refractivity contribution in [3.05, 3.63) is 0 Å². The van der Waals surface area contributed by atoms with E-state index in [4.69, 9.17) is 20.7 Å². The van der Waals surface area contributed by atoms with E-state index in [1.165, 1.54) is 7.11 Å². The van der Waals surface area contributed by atoms with Gasteiger partial charge in [0.2, 0.25) is 0 Å². The maximum atomic E-state index is 10.7. The molecule has 0 aromatic carbocycles. The Kier molecular flexibility index (Phi) is 3.07. The lowest BCUT2D eigenvalue weighted by Gasteiger charge is -2.03. The van der Waals surface area contributed by atoms with Gasteiger partial charge in [0.1, 0.15) is 6.04 Å². The van der Waals surface area contributed by atoms with Crippen molar-refractivity contribution in [2.24, 2.45) is 23.5 Å². The zero-order valence-electron chi connectivity index (χ0n) is 7.71. The zero-order valence-corrected chi connectivity index (χ0v) is 7.71. The van der Waals surface area contributed by atoms with E-state index in [9.17, 15) is 9.59 Å². The van der Waals surface area contributed by atoms with Crippen molar-refractivity contribution in [1.29, 1.82) is 0 Å². The molecular weight excluding hydrogens is 190 g/mol. The first-order valence-corrected chi connectivity index (χ1v) is 4.20. The molecule has 0 amide bonds. The third-order valence-electron chi connectivity index (χ3n) is 2.57. The molecule has 0 radical (unpaired) electrons. The minimum atomic E-state index is -1.17. The molecule has 0 aromatic heterocycles. The van der Waals surface area contributed by atoms with Crippen LogP contribution < -0.4 is 5.73 Å². The van der Waals surface area contributed by atoms with Gasteiger partial charge in [-0.2, -0.15) is 0 Å². The summed E-state index contributed by atoms with van der Waals surface area (Å²) in [4.78, 5) is 21.2. The molecule has 0 spiro atoms. The topological polar surface area (TPSA) is 110 Å². The number of nitrogens with two attached hydrogens (primary N) is 1. The van der Waals surface area contributed by atoms with Crippen LogP contribution in [-0.2, 0) is 14.3 Å². The zero-order chi connectivity index (χ0) is 10.9. The smallest absolute Gasteiger partial charge is 0.320 e. The Morgan fingerprint density at radius 3 is 2.43 bits per heavy atom. The summed E-state index contributed by atoms with van der Waals surface area (Å²) in [5.41, 5.74) is 5.35. The van der Waals surface area contributed by atoms with Crippen molar-refractivity contribution < 1.29 is 24.5 Å². The summed E-state index contributed by atoms with van der Waals surface area (Å²) in [6.07, 6.45) is 0. The second-order valence-corrected chi connectivity index (χ2v) is 3.42. The summed E-state index contributed by atoms with van der Waals surface area (Å²) in [5.74, 6) is -3.64. The van der Waals surface area contributed by atoms with Crippen molar-refractivity contribution in [3.63, 3.8) is 0 Å². The van der Waals surface area contributed by atoms with Gasteiger partial charge in [0.05, 0.1) is 12.5 Å². The van der Waals surface area contributed by atoms with Crippen molar-refractivity contribution in [3.8, 4) is 0 Å². The maximum absolute atomic E-state index is 10.7. The predicted molar refractivity (Wildman–Crippen MR) is 45.6 cm³/mol. The lowest BCUT2D eigenvalue weighted by atomic mass is 10.1. The van der Waals surface area contributed by atoms with Gasteiger partial charge in [0, 0.05) is 18.9 Å². The van der Waals surface area contributed by atoms with Gasteiger partial charge in [0.15, 0.2) is 0 Å². The molecule has 0 saturated heterocycles. The minimum absolute atomic E-state index is 0.239. The number of carbonyl (C=O) groups is 2. The van der Waals surface area contributed by atoms with Gasteiger partial charge >= 0.3 is 11.9 Å². The summed E-state index contributed by atoms with van der Waals surface area (Å²) in [6.45, 7) is 0.239. The number of hydrogen-bond donors (Lipinski definition) is 3. The van der Waals surface area contributed by atoms with E-state index < -0.39 is 29.8 Å². The third kappa shape index (κ3) is 1.85. The second-order valence-electron chi connectivity index (χ2n) is 3.42. The molecule has 0 heterocycles. The number of ether oxygens (including phenoxy) is 1. The highest BCUT2D eigenvalue weighted by Crippen LogP contribution is 2.48. The van der Waals surface area contributed by atoms with Crippen LogP contribution in [0.5, 0.6) is 0 Å². The van der Waals surface area contributed by atoms with Crippen LogP contribution in [0.1, 0.15) is 0 Å². The average Bonchev–Trinajstić information content (AvgIpc) is 2.78. The van der Waals surface area contributed by atoms with Crippen molar-refractivity contribution >= 4 is 11.9 Å². The molecule has 1 fully saturated rings. The molecule has 1 aliphatic carbocycles. The minimum Gasteiger partial charge on any atom is -0.481 e. The molecule has 4 atom stereocenters. The van der Waals surface area contributed by atoms with Crippen LogP contribution in [0, 0.1) is 17.8 Å². The van der Waals surface area contributed by atoms with E-state index in [-0.39, 0.29) is 12.5 Å². The Labute approximate surface area is 80.7 Å². The molecule has 1 aliphatic rings. The molecule has 80 valence electrons. The van der Waals surface area contributed by atoms with Crippen molar-refractivity contribution in [2.75, 3.05) is 13.7 Å². The van der Waals surface area contributed by atoms with Crippen molar-refractivity contribution in [1.82, 2.24) is 0 Å². The summed E-state index contributed by atoms with van der Waals surface area (Å²) in [5, 5.41) is 17.4. The van der Waals surface area contributed by atoms with Gasteiger partial charge in [-0.1, -0.05) is 0 Å². The number of aliphatic carboxylic acids is 2. The Balaban J connectivity index is 2.62. The van der Waals surface area contributed by atoms with Crippen LogP contribution >= 0.6 is 0 Å². The first-order chi connectivity index (χ1) is 6.50. The Morgan fingerprint density at radius 1 is 1.50 bits per heavy atom. The van der Waals surface area contributed by atoms with Gasteiger partial charge in [0.25, 0.3) is 0 Å². The number of carboxylic acid groups (broad SMARTS) is 2. The first kappa shape index (κ1) is 10.9. The monoisotopic (exact) mass is 203 g/mol. The van der Waals surface area contributed by atoms with Crippen LogP contribution in [-0.4, -0.2) is 41.9 Å². The molecule has 0 aromatic rings. The first-order valence-electron chi connectivity index (χ1n) is 4.20. The molecular formula is C8H13NO5. The van der Waals surface area contributed by atoms with E-state index >= 15 is 0 Å². The largest absolute Gasteiger partial charge is 0.481 e. The van der Waals surface area contributed by atoms with Gasteiger partial charge in [-0.05, 0) is 0 Å². The quantitative estimate of drug-likeness (QED) is 0.528. The van der Waals surface area contributed by atoms with Crippen LogP contribution in [0.25, 0.3) is 0 Å². The van der Waals surface area contributed by atoms with Gasteiger partial charge in [-0.25, -0.2) is 0 Å². The Bertz CT molecular complexity index is 254. The SMILES string of the molecule is COCC1C(C(=O)O)C1[C@H](N)C(=O)O. The number of carboxylic acids is 2. The molecule has 1 saturated carbocycles. The Morgan fingerprint density at radius 2 is 2.07 bits per heavy atom. The summed E-state index contributed by atoms with van der Waals surface area (Å²) < 4.78 is 4.79. The van der Waals surface area contributed by atoms with E-state index in [0.29, 0.717) is 0 Å². The number of hydrogen-bond acceptors (Lipinski definition) is 4. The summed E-state index contributed by atoms with van der Waals surface area (Å²) >= 11 is 0. The molecule has 3 unspecified atom stereocenters. The van der Waals surface area contributed by atoms with Gasteiger partial charge in [-0.15, -0.1) is 0 Å². The lowest BCUT2D eigenvalue weighted by Crippen LogP contribution is -2.34. The summed E-state index contributed by atoms with van der Waals surface area (Å²) in [7, 11) is 1.45. The molecule has 1 rings (SSSR count). The normalized spacial score (nSPS) is 32.3. The summed E-state index contributed by atoms with van der Waals surface area (Å²) in [6, 6.07) is -1.11. The number of rotatable bonds is 5. The highest BCUT2D eigenvalue weighted by Gasteiger charge is 2.59. The highest BCUT2D eigenvalue weighted by atomic mass is 16.5. The molecule has 0 bridgehead atoms. The van der Waals surface area contributed by atoms with E-state index in [0.717, 1.165) is 0 Å². The van der Waals surface area contributed by atoms with Crippen molar-refractivity contribution in [2.45, 2.75) is 6.04 Å². The van der Waals surface area contributed by atoms with Gasteiger partial charge < -0.3 is 20.7 Å². The fourth-order valence-electron chi connectivity index (χ4n) is 1.81. The maximum Gasteiger partial charge on any atom is 0.320 e. The van der Waals surface area contributed by atoms with E-state index in [1.54, 1.807) is 0 Å². The molecule has 4 N–H and O–H groups in total. The fourth-order valence-corrected chi connectivity index (χ4v) is 1.81. The van der Waals surface area contributed by atoms with Gasteiger partial charge in [-0.3, -0.25) is 9.59 Å². The van der Waals surface area contributed by atoms with Crippen LogP contribution in [0.3, 0.4) is 0 Å². The Hall–Kier alpha value is -1.14. The van der Waals surface area contributed by atoms with Crippen LogP contribution in [0.4, 0.5) is 0 Å². The second kappa shape index (κ2) is 3.93. The number of methoxy groups -OCH3 is 1. The molecule has 14 heavy (non-hydrogen) atoms. The van der Waals surface area contributed by atoms with E-state index in [2.05, 4.69) is 0 Å². The highest BCUT2D eigenvalue weighted by molar-refractivity contribution is 5.80. The standard InChI is InChI=1S/C8H13NO5/c1-14-2-3-4(5(3)7(10)11)6(9)8(12)13/h3-6H,2,9H2,1H3,(H,10,11)(H,12,13)/t3?,4?,5?,6-/m0/s1. The van der Waals surface area contributed by atoms with E-state index in [1.807, 2.05) is 0 Å².